The smallest absolute Gasteiger partial charge is 0.170 e. The minimum Gasteiger partial charge on any atom is -0.356 e. The highest BCUT2D eigenvalue weighted by Crippen LogP contribution is 2.36. The van der Waals surface area contributed by atoms with E-state index < -0.39 is 0 Å². The Morgan fingerprint density at radius 3 is 2.81 bits per heavy atom. The highest BCUT2D eigenvalue weighted by Gasteiger charge is 2.24. The fourth-order valence-electron chi connectivity index (χ4n) is 2.45. The fraction of sp³-hybridized carbons (Fsp3) is 0.357. The van der Waals surface area contributed by atoms with Gasteiger partial charge in [-0.25, -0.2) is 0 Å². The van der Waals surface area contributed by atoms with Gasteiger partial charge in [0.25, 0.3) is 0 Å². The van der Waals surface area contributed by atoms with Crippen molar-refractivity contribution in [3.8, 4) is 11.3 Å². The molecule has 0 N–H and O–H groups in total. The standard InChI is InChI=1S/C14H15NO/c1-9(2)13-12-8-7-10-5-3-4-6-11(10)14(12)16-15-13/h3-6,9H,7-8H2,1-2H3. The molecule has 16 heavy (non-hydrogen) atoms. The zero-order valence-corrected chi connectivity index (χ0v) is 9.66. The number of fused-ring (bicyclic) bond motifs is 3. The van der Waals surface area contributed by atoms with Crippen LogP contribution in [-0.2, 0) is 12.8 Å². The Kier molecular flexibility index (Phi) is 2.10. The highest BCUT2D eigenvalue weighted by atomic mass is 16.5. The van der Waals surface area contributed by atoms with Crippen LogP contribution in [0.2, 0.25) is 0 Å². The third-order valence-corrected chi connectivity index (χ3v) is 3.27. The Morgan fingerprint density at radius 1 is 1.19 bits per heavy atom. The molecule has 0 saturated carbocycles. The number of rotatable bonds is 1. The van der Waals surface area contributed by atoms with Crippen LogP contribution in [-0.4, -0.2) is 5.16 Å². The van der Waals surface area contributed by atoms with Crippen LogP contribution in [0.5, 0.6) is 0 Å². The van der Waals surface area contributed by atoms with Crippen LogP contribution in [0.1, 0.15) is 36.6 Å². The largest absolute Gasteiger partial charge is 0.356 e. The van der Waals surface area contributed by atoms with E-state index in [1.54, 1.807) is 0 Å². The summed E-state index contributed by atoms with van der Waals surface area (Å²) in [5.41, 5.74) is 5.04. The van der Waals surface area contributed by atoms with Crippen LogP contribution < -0.4 is 0 Å². The van der Waals surface area contributed by atoms with Gasteiger partial charge in [0.2, 0.25) is 0 Å². The number of aryl methyl sites for hydroxylation is 1. The van der Waals surface area contributed by atoms with E-state index in [0.717, 1.165) is 24.3 Å². The minimum atomic E-state index is 0.442. The van der Waals surface area contributed by atoms with E-state index in [4.69, 9.17) is 4.52 Å². The van der Waals surface area contributed by atoms with Crippen molar-refractivity contribution in [2.24, 2.45) is 0 Å². The first-order chi connectivity index (χ1) is 7.77. The lowest BCUT2D eigenvalue weighted by Crippen LogP contribution is -2.04. The number of hydrogen-bond acceptors (Lipinski definition) is 2. The van der Waals surface area contributed by atoms with Gasteiger partial charge in [-0.1, -0.05) is 43.3 Å². The van der Waals surface area contributed by atoms with Gasteiger partial charge in [-0.15, -0.1) is 0 Å². The molecule has 1 aliphatic rings. The van der Waals surface area contributed by atoms with Crippen LogP contribution in [0, 0.1) is 0 Å². The Balaban J connectivity index is 2.19. The average Bonchev–Trinajstić information content (AvgIpc) is 2.73. The van der Waals surface area contributed by atoms with Gasteiger partial charge in [-0.3, -0.25) is 0 Å². The van der Waals surface area contributed by atoms with Gasteiger partial charge >= 0.3 is 0 Å². The predicted molar refractivity (Wildman–Crippen MR) is 63.4 cm³/mol. The molecule has 2 nitrogen and oxygen atoms in total. The van der Waals surface area contributed by atoms with Crippen molar-refractivity contribution in [3.63, 3.8) is 0 Å². The van der Waals surface area contributed by atoms with E-state index in [0.29, 0.717) is 5.92 Å². The summed E-state index contributed by atoms with van der Waals surface area (Å²) in [7, 11) is 0. The molecule has 0 aliphatic heterocycles. The molecule has 3 rings (SSSR count). The molecular weight excluding hydrogens is 198 g/mol. The molecule has 1 aliphatic carbocycles. The predicted octanol–water partition coefficient (Wildman–Crippen LogP) is 3.56. The maximum atomic E-state index is 5.52. The lowest BCUT2D eigenvalue weighted by Gasteiger charge is -2.15. The van der Waals surface area contributed by atoms with Gasteiger partial charge in [0.15, 0.2) is 5.76 Å². The van der Waals surface area contributed by atoms with Crippen molar-refractivity contribution < 1.29 is 4.52 Å². The number of benzene rings is 1. The molecule has 1 heterocycles. The zero-order valence-electron chi connectivity index (χ0n) is 9.66. The summed E-state index contributed by atoms with van der Waals surface area (Å²) in [6, 6.07) is 8.45. The zero-order chi connectivity index (χ0) is 11.1. The molecular formula is C14H15NO. The average molecular weight is 213 g/mol. The molecule has 82 valence electrons. The van der Waals surface area contributed by atoms with E-state index >= 15 is 0 Å². The summed E-state index contributed by atoms with van der Waals surface area (Å²) in [6.45, 7) is 4.33. The van der Waals surface area contributed by atoms with Crippen molar-refractivity contribution in [2.75, 3.05) is 0 Å². The van der Waals surface area contributed by atoms with Crippen LogP contribution in [0.15, 0.2) is 28.8 Å². The van der Waals surface area contributed by atoms with E-state index in [1.807, 2.05) is 0 Å². The van der Waals surface area contributed by atoms with Crippen molar-refractivity contribution in [1.29, 1.82) is 0 Å². The molecule has 2 aromatic rings. The lowest BCUT2D eigenvalue weighted by molar-refractivity contribution is 0.419. The second-order valence-corrected chi connectivity index (χ2v) is 4.69. The molecule has 0 bridgehead atoms. The minimum absolute atomic E-state index is 0.442. The van der Waals surface area contributed by atoms with Crippen molar-refractivity contribution >= 4 is 0 Å². The summed E-state index contributed by atoms with van der Waals surface area (Å²) >= 11 is 0. The van der Waals surface area contributed by atoms with E-state index in [2.05, 4.69) is 43.3 Å². The Morgan fingerprint density at radius 2 is 2.00 bits per heavy atom. The Hall–Kier alpha value is -1.57. The summed E-state index contributed by atoms with van der Waals surface area (Å²) in [6.07, 6.45) is 2.16. The first kappa shape index (κ1) is 9.64. The molecule has 0 saturated heterocycles. The van der Waals surface area contributed by atoms with Crippen molar-refractivity contribution in [1.82, 2.24) is 5.16 Å². The summed E-state index contributed by atoms with van der Waals surface area (Å²) in [5.74, 6) is 1.43. The molecule has 1 aromatic heterocycles. The molecule has 1 aromatic carbocycles. The molecule has 2 heteroatoms. The normalized spacial score (nSPS) is 13.7. The van der Waals surface area contributed by atoms with Gasteiger partial charge in [-0.2, -0.15) is 0 Å². The summed E-state index contributed by atoms with van der Waals surface area (Å²) in [4.78, 5) is 0. The van der Waals surface area contributed by atoms with Crippen LogP contribution in [0.3, 0.4) is 0 Å². The summed E-state index contributed by atoms with van der Waals surface area (Å²) in [5, 5.41) is 4.22. The quantitative estimate of drug-likeness (QED) is 0.723. The van der Waals surface area contributed by atoms with Crippen LogP contribution >= 0.6 is 0 Å². The molecule has 0 spiro atoms. The maximum Gasteiger partial charge on any atom is 0.170 e. The number of nitrogens with zero attached hydrogens (tertiary/aromatic N) is 1. The van der Waals surface area contributed by atoms with Gasteiger partial charge in [-0.05, 0) is 24.3 Å². The van der Waals surface area contributed by atoms with Crippen molar-refractivity contribution in [2.45, 2.75) is 32.6 Å². The molecule has 0 fully saturated rings. The van der Waals surface area contributed by atoms with Gasteiger partial charge in [0, 0.05) is 11.1 Å². The third-order valence-electron chi connectivity index (χ3n) is 3.27. The number of hydrogen-bond donors (Lipinski definition) is 0. The highest BCUT2D eigenvalue weighted by molar-refractivity contribution is 5.68. The molecule has 0 atom stereocenters. The van der Waals surface area contributed by atoms with E-state index in [1.165, 1.54) is 16.7 Å². The second-order valence-electron chi connectivity index (χ2n) is 4.69. The van der Waals surface area contributed by atoms with E-state index in [-0.39, 0.29) is 0 Å². The van der Waals surface area contributed by atoms with Gasteiger partial charge in [0.1, 0.15) is 0 Å². The van der Waals surface area contributed by atoms with Crippen molar-refractivity contribution in [3.05, 3.63) is 41.1 Å². The second kappa shape index (κ2) is 3.48. The lowest BCUT2D eigenvalue weighted by atomic mass is 9.88. The topological polar surface area (TPSA) is 26.0 Å². The molecule has 0 unspecified atom stereocenters. The van der Waals surface area contributed by atoms with E-state index in [9.17, 15) is 0 Å². The first-order valence-electron chi connectivity index (χ1n) is 5.84. The molecule has 0 radical (unpaired) electrons. The fourth-order valence-corrected chi connectivity index (χ4v) is 2.45. The Labute approximate surface area is 95.3 Å². The first-order valence-corrected chi connectivity index (χ1v) is 5.84. The monoisotopic (exact) mass is 213 g/mol. The number of aromatic nitrogens is 1. The maximum absolute atomic E-state index is 5.52. The van der Waals surface area contributed by atoms with Gasteiger partial charge < -0.3 is 4.52 Å². The Bertz CT molecular complexity index is 525. The van der Waals surface area contributed by atoms with Crippen LogP contribution in [0.4, 0.5) is 0 Å². The molecule has 0 amide bonds. The van der Waals surface area contributed by atoms with Gasteiger partial charge in [0.05, 0.1) is 5.69 Å². The summed E-state index contributed by atoms with van der Waals surface area (Å²) < 4.78 is 5.52. The van der Waals surface area contributed by atoms with Crippen LogP contribution in [0.25, 0.3) is 11.3 Å². The third kappa shape index (κ3) is 1.29. The SMILES string of the molecule is CC(C)c1noc2c1CCc1ccccc1-2.